The summed E-state index contributed by atoms with van der Waals surface area (Å²) in [6.07, 6.45) is 1.62. The van der Waals surface area contributed by atoms with Gasteiger partial charge >= 0.3 is 133 Å². The van der Waals surface area contributed by atoms with Gasteiger partial charge < -0.3 is 0 Å². The van der Waals surface area contributed by atoms with E-state index in [1.165, 1.54) is 4.40 Å². The van der Waals surface area contributed by atoms with Gasteiger partial charge in [-0.05, 0) is 0 Å². The van der Waals surface area contributed by atoms with Crippen LogP contribution in [0.15, 0.2) is 48.8 Å². The second-order valence-electron chi connectivity index (χ2n) is 6.43. The van der Waals surface area contributed by atoms with E-state index in [0.29, 0.717) is 0 Å². The minimum absolute atomic E-state index is 0.813. The van der Waals surface area contributed by atoms with Crippen molar-refractivity contribution in [1.82, 2.24) is 9.97 Å². The van der Waals surface area contributed by atoms with E-state index in [9.17, 15) is 0 Å². The van der Waals surface area contributed by atoms with Crippen molar-refractivity contribution in [3.8, 4) is 17.0 Å². The van der Waals surface area contributed by atoms with Crippen LogP contribution in [0.25, 0.3) is 22.2 Å². The molecule has 0 bridgehead atoms. The van der Waals surface area contributed by atoms with Gasteiger partial charge in [0.15, 0.2) is 0 Å². The van der Waals surface area contributed by atoms with E-state index in [1.54, 1.807) is 13.4 Å². The summed E-state index contributed by atoms with van der Waals surface area (Å²) in [5.74, 6) is 8.03. The Labute approximate surface area is 133 Å². The first kappa shape index (κ1) is 15.0. The first-order valence-corrected chi connectivity index (χ1v) is 14.7. The van der Waals surface area contributed by atoms with Gasteiger partial charge in [-0.15, -0.1) is 0 Å². The summed E-state index contributed by atoms with van der Waals surface area (Å²) in [6.45, 7) is 0. The van der Waals surface area contributed by atoms with E-state index in [4.69, 9.17) is 4.74 Å². The molecule has 3 aromatic rings. The summed E-state index contributed by atoms with van der Waals surface area (Å²) in [6, 6.07) is 14.8. The van der Waals surface area contributed by atoms with Crippen molar-refractivity contribution in [3.05, 3.63) is 48.8 Å². The molecule has 0 fully saturated rings. The van der Waals surface area contributed by atoms with Crippen LogP contribution in [0.3, 0.4) is 0 Å². The maximum atomic E-state index is 5.27. The number of hydrogen-bond donors (Lipinski definition) is 0. The molecule has 0 aliphatic heterocycles. The van der Waals surface area contributed by atoms with Crippen LogP contribution in [-0.4, -0.2) is 30.3 Å². The fourth-order valence-corrected chi connectivity index (χ4v) is 4.97. The summed E-state index contributed by atoms with van der Waals surface area (Å²) in [7, 11) is 1.67. The molecule has 0 saturated carbocycles. The van der Waals surface area contributed by atoms with E-state index in [2.05, 4.69) is 51.5 Å². The van der Waals surface area contributed by atoms with Crippen molar-refractivity contribution < 1.29 is 4.74 Å². The summed E-state index contributed by atoms with van der Waals surface area (Å²) < 4.78 is 6.77. The molecule has 4 heteroatoms. The molecule has 22 heavy (non-hydrogen) atoms. The van der Waals surface area contributed by atoms with Crippen LogP contribution in [0.4, 0.5) is 0 Å². The molecule has 0 spiro atoms. The van der Waals surface area contributed by atoms with Gasteiger partial charge in [0.25, 0.3) is 0 Å². The van der Waals surface area contributed by atoms with Crippen molar-refractivity contribution in [3.63, 3.8) is 0 Å². The zero-order chi connectivity index (χ0) is 15.7. The molecule has 1 heterocycles. The van der Waals surface area contributed by atoms with E-state index >= 15 is 0 Å². The molecule has 0 radical (unpaired) electrons. The molecule has 0 atom stereocenters. The summed E-state index contributed by atoms with van der Waals surface area (Å²) in [5, 5.41) is 1.05. The monoisotopic (exact) mass is 354 g/mol. The average Bonchev–Trinajstić information content (AvgIpc) is 2.53. The molecule has 0 N–H and O–H groups in total. The number of fused-ring (bicyclic) bond motifs is 1. The molecule has 0 unspecified atom stereocenters. The molecule has 112 valence electrons. The average molecular weight is 353 g/mol. The van der Waals surface area contributed by atoms with Crippen LogP contribution in [0.5, 0.6) is 5.75 Å². The number of benzene rings is 2. The van der Waals surface area contributed by atoms with Gasteiger partial charge in [-0.25, -0.2) is 0 Å². The molecule has 3 rings (SSSR count). The van der Waals surface area contributed by atoms with Crippen molar-refractivity contribution in [1.29, 1.82) is 0 Å². The molecule has 2 aromatic carbocycles. The fraction of sp³-hybridized carbons (Fsp3) is 0.222. The number of nitrogens with zero attached hydrogens (tertiary/aromatic N) is 2. The van der Waals surface area contributed by atoms with E-state index in [-0.39, 0.29) is 0 Å². The first-order chi connectivity index (χ1) is 10.5. The molecular formula is C18H20GeN2O. The maximum absolute atomic E-state index is 5.27. The predicted molar refractivity (Wildman–Crippen MR) is 94.5 cm³/mol. The van der Waals surface area contributed by atoms with E-state index in [0.717, 1.165) is 27.9 Å². The zero-order valence-electron chi connectivity index (χ0n) is 13.4. The Morgan fingerprint density at radius 2 is 1.64 bits per heavy atom. The topological polar surface area (TPSA) is 35.0 Å². The number of aromatic nitrogens is 2. The van der Waals surface area contributed by atoms with Crippen molar-refractivity contribution in [2.24, 2.45) is 0 Å². The quantitative estimate of drug-likeness (QED) is 0.671. The van der Waals surface area contributed by atoms with E-state index < -0.39 is 13.3 Å². The first-order valence-electron chi connectivity index (χ1n) is 7.39. The minimum atomic E-state index is -1.77. The van der Waals surface area contributed by atoms with Crippen LogP contribution in [0.2, 0.25) is 17.3 Å². The third-order valence-electron chi connectivity index (χ3n) is 3.87. The molecular weight excluding hydrogens is 333 g/mol. The van der Waals surface area contributed by atoms with Gasteiger partial charge in [-0.1, -0.05) is 0 Å². The summed E-state index contributed by atoms with van der Waals surface area (Å²) >= 11 is -1.77. The van der Waals surface area contributed by atoms with E-state index in [1.807, 2.05) is 18.2 Å². The Balaban J connectivity index is 2.10. The number of rotatable bonds is 3. The molecule has 0 saturated heterocycles. The second-order valence-corrected chi connectivity index (χ2v) is 17.1. The molecule has 3 nitrogen and oxygen atoms in total. The Bertz CT molecular complexity index is 807. The van der Waals surface area contributed by atoms with Gasteiger partial charge in [-0.2, -0.15) is 0 Å². The van der Waals surface area contributed by atoms with Crippen LogP contribution >= 0.6 is 0 Å². The van der Waals surface area contributed by atoms with Crippen molar-refractivity contribution in [2.75, 3.05) is 7.11 Å². The number of ether oxygens (including phenoxy) is 1. The Morgan fingerprint density at radius 3 is 2.27 bits per heavy atom. The Morgan fingerprint density at radius 1 is 0.909 bits per heavy atom. The Hall–Kier alpha value is -1.88. The molecule has 1 aromatic heterocycles. The molecule has 0 amide bonds. The summed E-state index contributed by atoms with van der Waals surface area (Å²) in [4.78, 5) is 8.84. The normalized spacial score (nSPS) is 11.6. The third-order valence-corrected chi connectivity index (χ3v) is 8.20. The van der Waals surface area contributed by atoms with Gasteiger partial charge in [0.05, 0.1) is 0 Å². The molecule has 0 aliphatic rings. The predicted octanol–water partition coefficient (Wildman–Crippen LogP) is 3.85. The van der Waals surface area contributed by atoms with Crippen LogP contribution in [0, 0.1) is 0 Å². The van der Waals surface area contributed by atoms with Gasteiger partial charge in [0.2, 0.25) is 0 Å². The second kappa shape index (κ2) is 5.72. The van der Waals surface area contributed by atoms with Gasteiger partial charge in [0, 0.05) is 0 Å². The van der Waals surface area contributed by atoms with Crippen LogP contribution in [-0.2, 0) is 0 Å². The number of hydrogen-bond acceptors (Lipinski definition) is 3. The standard InChI is InChI=1S/C18H20GeN2O/c1-19(2,3)14-7-5-13(6-8-14)18-16-10-9-15(22-4)11-17(16)20-12-21-18/h5-12H,1-4H3. The SMILES string of the molecule is COc1ccc2c(-c3cc[c]([Ge]([CH3])([CH3])[CH3])cc3)ncnc2c1. The van der Waals surface area contributed by atoms with Gasteiger partial charge in [-0.3, -0.25) is 0 Å². The van der Waals surface area contributed by atoms with Crippen molar-refractivity contribution in [2.45, 2.75) is 17.3 Å². The molecule has 0 aliphatic carbocycles. The zero-order valence-corrected chi connectivity index (χ0v) is 15.5. The van der Waals surface area contributed by atoms with Crippen molar-refractivity contribution >= 4 is 28.6 Å². The number of methoxy groups -OCH3 is 1. The summed E-state index contributed by atoms with van der Waals surface area (Å²) in [5.41, 5.74) is 3.01. The fourth-order valence-electron chi connectivity index (χ4n) is 2.52. The Kier molecular flexibility index (Phi) is 3.91. The van der Waals surface area contributed by atoms with Crippen LogP contribution < -0.4 is 9.13 Å². The third kappa shape index (κ3) is 2.86. The van der Waals surface area contributed by atoms with Crippen LogP contribution in [0.1, 0.15) is 0 Å². The van der Waals surface area contributed by atoms with Gasteiger partial charge in [0.1, 0.15) is 0 Å².